The van der Waals surface area contributed by atoms with E-state index in [1.807, 2.05) is 11.8 Å². The molecule has 0 aromatic carbocycles. The highest BCUT2D eigenvalue weighted by atomic mass is 16.5. The lowest BCUT2D eigenvalue weighted by Crippen LogP contribution is -2.44. The van der Waals surface area contributed by atoms with Crippen molar-refractivity contribution in [2.24, 2.45) is 5.92 Å². The number of hydrogen-bond donors (Lipinski definition) is 0. The first-order chi connectivity index (χ1) is 13.1. The van der Waals surface area contributed by atoms with Gasteiger partial charge in [0.1, 0.15) is 5.82 Å². The topological polar surface area (TPSA) is 75.6 Å². The van der Waals surface area contributed by atoms with Crippen LogP contribution in [0.25, 0.3) is 0 Å². The van der Waals surface area contributed by atoms with Crippen LogP contribution in [0, 0.1) is 12.8 Å². The first kappa shape index (κ1) is 18.3. The Bertz CT molecular complexity index is 713. The van der Waals surface area contributed by atoms with Crippen molar-refractivity contribution < 1.29 is 14.3 Å². The molecule has 27 heavy (non-hydrogen) atoms. The minimum atomic E-state index is -0.0206. The Balaban J connectivity index is 1.45. The van der Waals surface area contributed by atoms with E-state index in [-0.39, 0.29) is 17.7 Å². The van der Waals surface area contributed by atoms with Gasteiger partial charge in [-0.3, -0.25) is 9.59 Å². The van der Waals surface area contributed by atoms with Crippen molar-refractivity contribution >= 4 is 11.8 Å². The summed E-state index contributed by atoms with van der Waals surface area (Å²) >= 11 is 0. The number of hydrogen-bond acceptors (Lipinski definition) is 5. The fourth-order valence-corrected chi connectivity index (χ4v) is 4.13. The third-order valence-corrected chi connectivity index (χ3v) is 6.08. The van der Waals surface area contributed by atoms with Gasteiger partial charge >= 0.3 is 0 Å². The molecule has 146 valence electrons. The van der Waals surface area contributed by atoms with Crippen molar-refractivity contribution in [1.29, 1.82) is 0 Å². The van der Waals surface area contributed by atoms with Gasteiger partial charge in [0.15, 0.2) is 0 Å². The Hall–Kier alpha value is -2.02. The molecular weight excluding hydrogens is 344 g/mol. The number of carbonyl (C=O) groups excluding carboxylic acids is 2. The molecule has 2 saturated heterocycles. The molecular formula is C20H28N4O3. The molecule has 1 aromatic rings. The molecule has 3 heterocycles. The SMILES string of the molecule is Cc1nc([C@H]2CCCN(C(=O)C3CCC3)C2)ncc1C(=O)N1CCOCC1. The maximum atomic E-state index is 12.7. The van der Waals surface area contributed by atoms with Crippen molar-refractivity contribution in [3.05, 3.63) is 23.3 Å². The fraction of sp³-hybridized carbons (Fsp3) is 0.700. The van der Waals surface area contributed by atoms with Gasteiger partial charge in [0.2, 0.25) is 5.91 Å². The van der Waals surface area contributed by atoms with Crippen LogP contribution in [0.15, 0.2) is 6.20 Å². The third kappa shape index (κ3) is 3.83. The minimum absolute atomic E-state index is 0.0206. The molecule has 2 aliphatic heterocycles. The van der Waals surface area contributed by atoms with Gasteiger partial charge < -0.3 is 14.5 Å². The van der Waals surface area contributed by atoms with Crippen molar-refractivity contribution in [3.63, 3.8) is 0 Å². The molecule has 0 radical (unpaired) electrons. The number of carbonyl (C=O) groups is 2. The predicted octanol–water partition coefficient (Wildman–Crippen LogP) is 1.76. The normalized spacial score (nSPS) is 23.8. The molecule has 1 aromatic heterocycles. The smallest absolute Gasteiger partial charge is 0.257 e. The monoisotopic (exact) mass is 372 g/mol. The quantitative estimate of drug-likeness (QED) is 0.808. The number of aromatic nitrogens is 2. The molecule has 4 rings (SSSR count). The molecule has 7 heteroatoms. The average Bonchev–Trinajstić information content (AvgIpc) is 2.67. The number of morpholine rings is 1. The number of aryl methyl sites for hydroxylation is 1. The van der Waals surface area contributed by atoms with Gasteiger partial charge in [0.05, 0.1) is 24.5 Å². The van der Waals surface area contributed by atoms with Gasteiger partial charge in [-0.15, -0.1) is 0 Å². The van der Waals surface area contributed by atoms with Crippen LogP contribution in [0.4, 0.5) is 0 Å². The standard InChI is InChI=1S/C20H28N4O3/c1-14-17(20(26)23-8-10-27-11-9-23)12-21-18(22-14)16-6-3-7-24(13-16)19(25)15-4-2-5-15/h12,15-16H,2-11,13H2,1H3/t16-/m0/s1. The summed E-state index contributed by atoms with van der Waals surface area (Å²) in [5, 5.41) is 0. The Morgan fingerprint density at radius 1 is 1.07 bits per heavy atom. The molecule has 3 fully saturated rings. The molecule has 0 unspecified atom stereocenters. The summed E-state index contributed by atoms with van der Waals surface area (Å²) in [4.78, 5) is 38.3. The third-order valence-electron chi connectivity index (χ3n) is 6.08. The first-order valence-electron chi connectivity index (χ1n) is 10.1. The van der Waals surface area contributed by atoms with Gasteiger partial charge in [-0.25, -0.2) is 9.97 Å². The highest BCUT2D eigenvalue weighted by Gasteiger charge is 2.33. The van der Waals surface area contributed by atoms with Crippen LogP contribution in [-0.4, -0.2) is 71.0 Å². The van der Waals surface area contributed by atoms with E-state index in [9.17, 15) is 9.59 Å². The summed E-state index contributed by atoms with van der Waals surface area (Å²) < 4.78 is 5.32. The molecule has 1 atom stereocenters. The second-order valence-corrected chi connectivity index (χ2v) is 7.88. The number of nitrogens with zero attached hydrogens (tertiary/aromatic N) is 4. The molecule has 1 saturated carbocycles. The zero-order valence-electron chi connectivity index (χ0n) is 16.0. The van der Waals surface area contributed by atoms with Crippen molar-refractivity contribution in [1.82, 2.24) is 19.8 Å². The van der Waals surface area contributed by atoms with E-state index < -0.39 is 0 Å². The van der Waals surface area contributed by atoms with Crippen LogP contribution in [0.1, 0.15) is 59.9 Å². The Kier molecular flexibility index (Phi) is 5.38. The van der Waals surface area contributed by atoms with E-state index in [0.29, 0.717) is 44.3 Å². The Morgan fingerprint density at radius 3 is 2.52 bits per heavy atom. The molecule has 0 spiro atoms. The van der Waals surface area contributed by atoms with E-state index in [4.69, 9.17) is 4.74 Å². The Labute approximate surface area is 160 Å². The highest BCUT2D eigenvalue weighted by Crippen LogP contribution is 2.32. The molecule has 0 bridgehead atoms. The van der Waals surface area contributed by atoms with Gasteiger partial charge in [0.25, 0.3) is 5.91 Å². The van der Waals surface area contributed by atoms with E-state index in [0.717, 1.165) is 43.7 Å². The molecule has 7 nitrogen and oxygen atoms in total. The second-order valence-electron chi connectivity index (χ2n) is 7.88. The average molecular weight is 372 g/mol. The summed E-state index contributed by atoms with van der Waals surface area (Å²) in [6.07, 6.45) is 6.89. The number of piperidine rings is 1. The van der Waals surface area contributed by atoms with Gasteiger partial charge in [0, 0.05) is 44.2 Å². The van der Waals surface area contributed by atoms with Gasteiger partial charge in [-0.05, 0) is 32.6 Å². The first-order valence-corrected chi connectivity index (χ1v) is 10.1. The van der Waals surface area contributed by atoms with Crippen LogP contribution in [0.5, 0.6) is 0 Å². The molecule has 0 N–H and O–H groups in total. The van der Waals surface area contributed by atoms with Crippen molar-refractivity contribution in [3.8, 4) is 0 Å². The van der Waals surface area contributed by atoms with Crippen LogP contribution in [0.3, 0.4) is 0 Å². The Morgan fingerprint density at radius 2 is 1.85 bits per heavy atom. The molecule has 3 aliphatic rings. The maximum Gasteiger partial charge on any atom is 0.257 e. The lowest BCUT2D eigenvalue weighted by Gasteiger charge is -2.36. The van der Waals surface area contributed by atoms with Crippen LogP contribution in [-0.2, 0) is 9.53 Å². The van der Waals surface area contributed by atoms with E-state index in [1.165, 1.54) is 6.42 Å². The highest BCUT2D eigenvalue weighted by molar-refractivity contribution is 5.95. The summed E-state index contributed by atoms with van der Waals surface area (Å²) in [5.74, 6) is 1.45. The maximum absolute atomic E-state index is 12.7. The largest absolute Gasteiger partial charge is 0.378 e. The minimum Gasteiger partial charge on any atom is -0.378 e. The van der Waals surface area contributed by atoms with E-state index in [1.54, 1.807) is 11.1 Å². The predicted molar refractivity (Wildman–Crippen MR) is 99.4 cm³/mol. The summed E-state index contributed by atoms with van der Waals surface area (Å²) in [5.41, 5.74) is 1.29. The molecule has 2 amide bonds. The number of ether oxygens (including phenoxy) is 1. The molecule has 1 aliphatic carbocycles. The van der Waals surface area contributed by atoms with E-state index in [2.05, 4.69) is 9.97 Å². The van der Waals surface area contributed by atoms with Crippen LogP contribution < -0.4 is 0 Å². The second kappa shape index (κ2) is 7.92. The number of likely N-dealkylation sites (tertiary alicyclic amines) is 1. The zero-order chi connectivity index (χ0) is 18.8. The van der Waals surface area contributed by atoms with Crippen LogP contribution in [0.2, 0.25) is 0 Å². The summed E-state index contributed by atoms with van der Waals surface area (Å²) in [6.45, 7) is 5.80. The van der Waals surface area contributed by atoms with E-state index >= 15 is 0 Å². The van der Waals surface area contributed by atoms with Gasteiger partial charge in [-0.1, -0.05) is 6.42 Å². The summed E-state index contributed by atoms with van der Waals surface area (Å²) in [7, 11) is 0. The van der Waals surface area contributed by atoms with Crippen molar-refractivity contribution in [2.45, 2.75) is 44.9 Å². The lowest BCUT2D eigenvalue weighted by molar-refractivity contribution is -0.139. The number of rotatable bonds is 3. The van der Waals surface area contributed by atoms with Crippen LogP contribution >= 0.6 is 0 Å². The van der Waals surface area contributed by atoms with Gasteiger partial charge in [-0.2, -0.15) is 0 Å². The fourth-order valence-electron chi connectivity index (χ4n) is 4.13. The van der Waals surface area contributed by atoms with Crippen molar-refractivity contribution in [2.75, 3.05) is 39.4 Å². The number of amides is 2. The summed E-state index contributed by atoms with van der Waals surface area (Å²) in [6, 6.07) is 0. The lowest BCUT2D eigenvalue weighted by atomic mass is 9.83. The zero-order valence-corrected chi connectivity index (χ0v) is 16.0.